The number of benzene rings is 1. The van der Waals surface area contributed by atoms with E-state index >= 15 is 0 Å². The molecule has 3 rings (SSSR count). The molecule has 1 fully saturated rings. The molecule has 1 aromatic heterocycles. The van der Waals surface area contributed by atoms with Crippen LogP contribution in [0.25, 0.3) is 0 Å². The number of furan rings is 1. The van der Waals surface area contributed by atoms with Crippen molar-refractivity contribution in [3.63, 3.8) is 0 Å². The van der Waals surface area contributed by atoms with Crippen LogP contribution >= 0.6 is 23.4 Å². The molecule has 2 heterocycles. The molecule has 0 saturated carbocycles. The number of carbonyl (C=O) groups is 2. The van der Waals surface area contributed by atoms with Gasteiger partial charge in [0.2, 0.25) is 5.91 Å². The Bertz CT molecular complexity index is 712. The summed E-state index contributed by atoms with van der Waals surface area (Å²) in [5, 5.41) is 0.657. The first-order valence-electron chi connectivity index (χ1n) is 7.63. The third-order valence-electron chi connectivity index (χ3n) is 3.84. The van der Waals surface area contributed by atoms with Crippen LogP contribution in [0, 0.1) is 0 Å². The Balaban J connectivity index is 1.48. The number of nitrogens with zero attached hydrogens (tertiary/aromatic N) is 2. The van der Waals surface area contributed by atoms with Crippen molar-refractivity contribution in [2.24, 2.45) is 0 Å². The van der Waals surface area contributed by atoms with Crippen LogP contribution < -0.4 is 0 Å². The molecule has 0 unspecified atom stereocenters. The maximum absolute atomic E-state index is 12.3. The Morgan fingerprint density at radius 2 is 1.75 bits per heavy atom. The van der Waals surface area contributed by atoms with Gasteiger partial charge < -0.3 is 14.2 Å². The van der Waals surface area contributed by atoms with Crippen molar-refractivity contribution in [2.45, 2.75) is 4.90 Å². The van der Waals surface area contributed by atoms with E-state index in [1.165, 1.54) is 18.0 Å². The van der Waals surface area contributed by atoms with Crippen molar-refractivity contribution >= 4 is 35.2 Å². The van der Waals surface area contributed by atoms with Crippen molar-refractivity contribution in [2.75, 3.05) is 31.9 Å². The van der Waals surface area contributed by atoms with E-state index in [9.17, 15) is 9.59 Å². The van der Waals surface area contributed by atoms with Gasteiger partial charge in [-0.3, -0.25) is 9.59 Å². The minimum atomic E-state index is -0.127. The maximum atomic E-state index is 12.3. The molecule has 7 heteroatoms. The quantitative estimate of drug-likeness (QED) is 0.782. The summed E-state index contributed by atoms with van der Waals surface area (Å²) in [6.07, 6.45) is 1.49. The SMILES string of the molecule is O=C(CSc1ccccc1Cl)N1CCN(C(=O)c2ccco2)CC1. The Kier molecular flexibility index (Phi) is 5.48. The van der Waals surface area contributed by atoms with Crippen LogP contribution in [0.4, 0.5) is 0 Å². The Hall–Kier alpha value is -1.92. The molecule has 2 amide bonds. The number of piperazine rings is 1. The van der Waals surface area contributed by atoms with Crippen LogP contribution in [0.3, 0.4) is 0 Å². The van der Waals surface area contributed by atoms with Crippen LogP contribution in [-0.2, 0) is 4.79 Å². The Labute approximate surface area is 149 Å². The average Bonchev–Trinajstić information content (AvgIpc) is 3.15. The zero-order valence-corrected chi connectivity index (χ0v) is 14.6. The van der Waals surface area contributed by atoms with E-state index in [-0.39, 0.29) is 11.8 Å². The Morgan fingerprint density at radius 3 is 2.42 bits per heavy atom. The lowest BCUT2D eigenvalue weighted by molar-refractivity contribution is -0.129. The molecule has 0 spiro atoms. The second-order valence-corrected chi connectivity index (χ2v) is 6.79. The van der Waals surface area contributed by atoms with Crippen molar-refractivity contribution in [1.82, 2.24) is 9.80 Å². The van der Waals surface area contributed by atoms with Gasteiger partial charge in [0.15, 0.2) is 5.76 Å². The summed E-state index contributed by atoms with van der Waals surface area (Å²) in [6, 6.07) is 10.8. The molecule has 24 heavy (non-hydrogen) atoms. The van der Waals surface area contributed by atoms with Crippen molar-refractivity contribution < 1.29 is 14.0 Å². The topological polar surface area (TPSA) is 53.8 Å². The first-order chi connectivity index (χ1) is 11.6. The number of halogens is 1. The maximum Gasteiger partial charge on any atom is 0.289 e. The van der Waals surface area contributed by atoms with Gasteiger partial charge in [0.05, 0.1) is 17.0 Å². The smallest absolute Gasteiger partial charge is 0.289 e. The molecule has 5 nitrogen and oxygen atoms in total. The predicted octanol–water partition coefficient (Wildman–Crippen LogP) is 3.01. The number of thioether (sulfide) groups is 1. The molecule has 0 aliphatic carbocycles. The van der Waals surface area contributed by atoms with Crippen LogP contribution in [0.5, 0.6) is 0 Å². The highest BCUT2D eigenvalue weighted by atomic mass is 35.5. The fourth-order valence-electron chi connectivity index (χ4n) is 2.51. The van der Waals surface area contributed by atoms with E-state index in [1.54, 1.807) is 21.9 Å². The van der Waals surface area contributed by atoms with E-state index in [1.807, 2.05) is 24.3 Å². The lowest BCUT2D eigenvalue weighted by Crippen LogP contribution is -2.51. The van der Waals surface area contributed by atoms with E-state index in [0.29, 0.717) is 42.7 Å². The molecule has 1 aliphatic heterocycles. The highest BCUT2D eigenvalue weighted by molar-refractivity contribution is 8.00. The minimum absolute atomic E-state index is 0.0602. The van der Waals surface area contributed by atoms with Crippen molar-refractivity contribution in [1.29, 1.82) is 0 Å². The second-order valence-electron chi connectivity index (χ2n) is 5.37. The molecule has 2 aromatic rings. The van der Waals surface area contributed by atoms with Gasteiger partial charge in [-0.1, -0.05) is 23.7 Å². The fourth-order valence-corrected chi connectivity index (χ4v) is 3.65. The number of hydrogen-bond acceptors (Lipinski definition) is 4. The molecule has 0 N–H and O–H groups in total. The molecule has 126 valence electrons. The minimum Gasteiger partial charge on any atom is -0.459 e. The monoisotopic (exact) mass is 364 g/mol. The molecule has 1 saturated heterocycles. The first-order valence-corrected chi connectivity index (χ1v) is 8.99. The molecule has 1 aromatic carbocycles. The van der Waals surface area contributed by atoms with Crippen LogP contribution in [0.2, 0.25) is 5.02 Å². The van der Waals surface area contributed by atoms with Gasteiger partial charge in [0.25, 0.3) is 5.91 Å². The van der Waals surface area contributed by atoms with Gasteiger partial charge in [-0.2, -0.15) is 0 Å². The summed E-state index contributed by atoms with van der Waals surface area (Å²) in [5.41, 5.74) is 0. The molecule has 1 aliphatic rings. The number of rotatable bonds is 4. The summed E-state index contributed by atoms with van der Waals surface area (Å²) < 4.78 is 5.13. The van der Waals surface area contributed by atoms with Gasteiger partial charge in [-0.25, -0.2) is 0 Å². The van der Waals surface area contributed by atoms with E-state index in [0.717, 1.165) is 4.90 Å². The highest BCUT2D eigenvalue weighted by Gasteiger charge is 2.25. The summed E-state index contributed by atoms with van der Waals surface area (Å²) in [6.45, 7) is 2.10. The first kappa shape index (κ1) is 16.9. The largest absolute Gasteiger partial charge is 0.459 e. The van der Waals surface area contributed by atoms with Crippen LogP contribution in [0.15, 0.2) is 52.0 Å². The van der Waals surface area contributed by atoms with E-state index < -0.39 is 0 Å². The van der Waals surface area contributed by atoms with Gasteiger partial charge in [-0.15, -0.1) is 11.8 Å². The van der Waals surface area contributed by atoms with Crippen LogP contribution in [-0.4, -0.2) is 53.5 Å². The van der Waals surface area contributed by atoms with E-state index in [4.69, 9.17) is 16.0 Å². The lowest BCUT2D eigenvalue weighted by atomic mass is 10.3. The van der Waals surface area contributed by atoms with E-state index in [2.05, 4.69) is 0 Å². The molecular weight excluding hydrogens is 348 g/mol. The van der Waals surface area contributed by atoms with Gasteiger partial charge in [0.1, 0.15) is 0 Å². The van der Waals surface area contributed by atoms with Gasteiger partial charge >= 0.3 is 0 Å². The third kappa shape index (κ3) is 3.94. The molecule has 0 atom stereocenters. The summed E-state index contributed by atoms with van der Waals surface area (Å²) in [7, 11) is 0. The molecule has 0 bridgehead atoms. The zero-order chi connectivity index (χ0) is 16.9. The fraction of sp³-hybridized carbons (Fsp3) is 0.294. The standard InChI is InChI=1S/C17H17ClN2O3S/c18-13-4-1-2-6-15(13)24-12-16(21)19-7-9-20(10-8-19)17(22)14-5-3-11-23-14/h1-6,11H,7-10,12H2. The summed E-state index contributed by atoms with van der Waals surface area (Å²) >= 11 is 7.53. The summed E-state index contributed by atoms with van der Waals surface area (Å²) in [4.78, 5) is 28.9. The molecule has 0 radical (unpaired) electrons. The Morgan fingerprint density at radius 1 is 1.04 bits per heavy atom. The predicted molar refractivity (Wildman–Crippen MR) is 93.4 cm³/mol. The average molecular weight is 365 g/mol. The number of hydrogen-bond donors (Lipinski definition) is 0. The lowest BCUT2D eigenvalue weighted by Gasteiger charge is -2.34. The zero-order valence-electron chi connectivity index (χ0n) is 13.0. The molecular formula is C17H17ClN2O3S. The summed E-state index contributed by atoms with van der Waals surface area (Å²) in [5.74, 6) is 0.613. The van der Waals surface area contributed by atoms with Crippen molar-refractivity contribution in [3.8, 4) is 0 Å². The third-order valence-corrected chi connectivity index (χ3v) is 5.34. The van der Waals surface area contributed by atoms with Gasteiger partial charge in [0, 0.05) is 31.1 Å². The second kappa shape index (κ2) is 7.77. The number of amides is 2. The number of carbonyl (C=O) groups excluding carboxylic acids is 2. The van der Waals surface area contributed by atoms with Crippen LogP contribution in [0.1, 0.15) is 10.6 Å². The van der Waals surface area contributed by atoms with Crippen molar-refractivity contribution in [3.05, 3.63) is 53.4 Å². The van der Waals surface area contributed by atoms with Gasteiger partial charge in [-0.05, 0) is 24.3 Å². The normalized spacial score (nSPS) is 14.7. The highest BCUT2D eigenvalue weighted by Crippen LogP contribution is 2.26.